The lowest BCUT2D eigenvalue weighted by Gasteiger charge is -2.49. The lowest BCUT2D eigenvalue weighted by atomic mass is 9.88. The van der Waals surface area contributed by atoms with Crippen LogP contribution in [0.5, 0.6) is 0 Å². The fourth-order valence-corrected chi connectivity index (χ4v) is 7.15. The number of alkyl halides is 2. The van der Waals surface area contributed by atoms with Gasteiger partial charge in [0.25, 0.3) is 5.92 Å². The molecular formula is C20H28F3N5O3S. The Bertz CT molecular complexity index is 1110. The van der Waals surface area contributed by atoms with Gasteiger partial charge in [-0.15, -0.1) is 0 Å². The van der Waals surface area contributed by atoms with E-state index < -0.39 is 61.7 Å². The first-order chi connectivity index (χ1) is 14.4. The summed E-state index contributed by atoms with van der Waals surface area (Å²) in [6, 6.07) is 2.26. The number of fused-ring (bicyclic) bond motifs is 1. The van der Waals surface area contributed by atoms with E-state index in [1.165, 1.54) is 26.8 Å². The van der Waals surface area contributed by atoms with E-state index in [9.17, 15) is 22.2 Å². The number of amides is 1. The zero-order valence-corrected chi connectivity index (χ0v) is 19.6. The highest BCUT2D eigenvalue weighted by atomic mass is 32.2. The second-order valence-corrected chi connectivity index (χ2v) is 12.7. The van der Waals surface area contributed by atoms with E-state index in [2.05, 4.69) is 19.7 Å². The number of carbonyl (C=O) groups excluding carboxylic acids is 1. The summed E-state index contributed by atoms with van der Waals surface area (Å²) in [5, 5.41) is 1.10. The average Bonchev–Trinajstić information content (AvgIpc) is 2.62. The average molecular weight is 476 g/mol. The van der Waals surface area contributed by atoms with Crippen LogP contribution in [0.15, 0.2) is 21.5 Å². The number of nitrogens with two attached hydrogens (primary N) is 1. The molecule has 0 spiro atoms. The molecule has 0 aliphatic carbocycles. The third-order valence-electron chi connectivity index (χ3n) is 5.60. The molecule has 0 unspecified atom stereocenters. The number of nitrogen functional groups attached to an aromatic ring is 1. The number of aromatic nitrogens is 1. The normalized spacial score (nSPS) is 31.0. The maximum atomic E-state index is 14.9. The van der Waals surface area contributed by atoms with Gasteiger partial charge >= 0.3 is 6.09 Å². The lowest BCUT2D eigenvalue weighted by molar-refractivity contribution is -0.00694. The summed E-state index contributed by atoms with van der Waals surface area (Å²) in [4.78, 5) is 21.0. The number of ether oxygens (including phenoxy) is 1. The molecule has 3 rings (SSSR count). The van der Waals surface area contributed by atoms with Crippen LogP contribution in [0.3, 0.4) is 0 Å². The highest BCUT2D eigenvalue weighted by molar-refractivity contribution is 7.96. The predicted octanol–water partition coefficient (Wildman–Crippen LogP) is 3.61. The number of hydrogen-bond donors (Lipinski definition) is 2. The first-order valence-corrected chi connectivity index (χ1v) is 11.6. The van der Waals surface area contributed by atoms with Crippen molar-refractivity contribution in [3.8, 4) is 0 Å². The Morgan fingerprint density at radius 1 is 1.28 bits per heavy atom. The highest BCUT2D eigenvalue weighted by Crippen LogP contribution is 2.49. The SMILES string of the molecule is CC(C)(C)OC(=O)NC1=N[C@@](C)(c2nc(N)ccc2F)[C@@H]2CC(F)(F)CN=[S@@]2(=O)C1(C)C. The van der Waals surface area contributed by atoms with Crippen molar-refractivity contribution in [1.82, 2.24) is 10.3 Å². The molecule has 12 heteroatoms. The summed E-state index contributed by atoms with van der Waals surface area (Å²) in [5.74, 6) is -4.29. The number of pyridine rings is 1. The van der Waals surface area contributed by atoms with E-state index in [1.807, 2.05) is 0 Å². The molecule has 0 saturated carbocycles. The topological polar surface area (TPSA) is 119 Å². The summed E-state index contributed by atoms with van der Waals surface area (Å²) < 4.78 is 65.7. The monoisotopic (exact) mass is 475 g/mol. The van der Waals surface area contributed by atoms with Gasteiger partial charge in [-0.2, -0.15) is 0 Å². The number of hydrogen-bond acceptors (Lipinski definition) is 7. The summed E-state index contributed by atoms with van der Waals surface area (Å²) in [6.45, 7) is 8.37. The van der Waals surface area contributed by atoms with Crippen LogP contribution in [0.4, 0.5) is 23.8 Å². The second kappa shape index (κ2) is 7.32. The molecule has 0 radical (unpaired) electrons. The number of halogens is 3. The van der Waals surface area contributed by atoms with E-state index in [4.69, 9.17) is 10.5 Å². The van der Waals surface area contributed by atoms with Gasteiger partial charge in [0.2, 0.25) is 0 Å². The van der Waals surface area contributed by atoms with Gasteiger partial charge in [0.1, 0.15) is 45.6 Å². The Hall–Kier alpha value is -2.37. The van der Waals surface area contributed by atoms with Crippen molar-refractivity contribution in [3.05, 3.63) is 23.6 Å². The fourth-order valence-electron chi connectivity index (χ4n) is 3.93. The number of amidine groups is 1. The number of anilines is 1. The molecule has 0 bridgehead atoms. The van der Waals surface area contributed by atoms with Crippen LogP contribution < -0.4 is 11.1 Å². The molecule has 0 fully saturated rings. The van der Waals surface area contributed by atoms with Gasteiger partial charge in [0.05, 0.1) is 15.0 Å². The molecule has 0 aromatic carbocycles. The Balaban J connectivity index is 2.26. The van der Waals surface area contributed by atoms with Crippen LogP contribution in [0.1, 0.15) is 53.7 Å². The molecule has 2 aliphatic rings. The molecule has 2 aliphatic heterocycles. The zero-order valence-electron chi connectivity index (χ0n) is 18.8. The number of aliphatic imine (C=N–C) groups is 1. The summed E-state index contributed by atoms with van der Waals surface area (Å²) in [5.41, 5.74) is 2.70. The standard InChI is InChI=1S/C20H28F3N5O3S/c1-17(2,3)31-16(29)27-15-18(4,5)32(30)12(9-20(22,23)10-25-32)19(6,28-15)14-11(21)7-8-13(24)26-14/h7-8,12H,9-10H2,1-6H3,(H2,24,26)(H,27,28,29)/t12-,19+,32-/m0/s1. The molecule has 178 valence electrons. The number of alkyl carbamates (subject to hydrolysis) is 1. The van der Waals surface area contributed by atoms with Gasteiger partial charge in [-0.05, 0) is 53.7 Å². The molecule has 1 aromatic heterocycles. The fraction of sp³-hybridized carbons (Fsp3) is 0.650. The smallest absolute Gasteiger partial charge is 0.413 e. The first kappa shape index (κ1) is 24.3. The summed E-state index contributed by atoms with van der Waals surface area (Å²) in [7, 11) is -3.51. The third kappa shape index (κ3) is 4.04. The van der Waals surface area contributed by atoms with Crippen LogP contribution in [0.2, 0.25) is 0 Å². The molecule has 1 amide bonds. The number of rotatable bonds is 1. The zero-order chi connectivity index (χ0) is 24.3. The van der Waals surface area contributed by atoms with Crippen molar-refractivity contribution in [2.24, 2.45) is 9.36 Å². The Labute approximate surface area is 185 Å². The van der Waals surface area contributed by atoms with Crippen molar-refractivity contribution in [2.45, 2.75) is 75.0 Å². The number of nitrogens with one attached hydrogen (secondary N) is 1. The highest BCUT2D eigenvalue weighted by Gasteiger charge is 2.61. The van der Waals surface area contributed by atoms with Crippen molar-refractivity contribution >= 4 is 27.5 Å². The van der Waals surface area contributed by atoms with Gasteiger partial charge in [0, 0.05) is 6.42 Å². The summed E-state index contributed by atoms with van der Waals surface area (Å²) in [6.07, 6.45) is -1.72. The maximum absolute atomic E-state index is 14.9. The van der Waals surface area contributed by atoms with Crippen molar-refractivity contribution in [1.29, 1.82) is 0 Å². The molecule has 0 saturated heterocycles. The molecule has 3 atom stereocenters. The van der Waals surface area contributed by atoms with Crippen LogP contribution in [-0.4, -0.2) is 49.2 Å². The quantitative estimate of drug-likeness (QED) is 0.643. The second-order valence-electron chi connectivity index (χ2n) is 9.72. The van der Waals surface area contributed by atoms with Crippen LogP contribution in [-0.2, 0) is 20.0 Å². The van der Waals surface area contributed by atoms with Crippen LogP contribution in [0, 0.1) is 5.82 Å². The summed E-state index contributed by atoms with van der Waals surface area (Å²) >= 11 is 0. The lowest BCUT2D eigenvalue weighted by Crippen LogP contribution is -2.64. The Morgan fingerprint density at radius 2 is 1.91 bits per heavy atom. The van der Waals surface area contributed by atoms with Crippen molar-refractivity contribution in [2.75, 3.05) is 12.3 Å². The van der Waals surface area contributed by atoms with E-state index in [1.54, 1.807) is 20.8 Å². The number of nitrogens with zero attached hydrogens (tertiary/aromatic N) is 3. The third-order valence-corrected chi connectivity index (χ3v) is 9.16. The van der Waals surface area contributed by atoms with Crippen LogP contribution >= 0.6 is 0 Å². The molecular weight excluding hydrogens is 447 g/mol. The van der Waals surface area contributed by atoms with Gasteiger partial charge in [-0.25, -0.2) is 31.5 Å². The van der Waals surface area contributed by atoms with Gasteiger partial charge in [-0.1, -0.05) is 0 Å². The van der Waals surface area contributed by atoms with Gasteiger partial charge < -0.3 is 10.5 Å². The van der Waals surface area contributed by atoms with E-state index in [0.717, 1.165) is 6.07 Å². The molecule has 1 aromatic rings. The van der Waals surface area contributed by atoms with Crippen molar-refractivity contribution in [3.63, 3.8) is 0 Å². The van der Waals surface area contributed by atoms with E-state index in [-0.39, 0.29) is 17.3 Å². The molecule has 3 heterocycles. The molecule has 3 N–H and O–H groups in total. The first-order valence-electron chi connectivity index (χ1n) is 10.0. The predicted molar refractivity (Wildman–Crippen MR) is 116 cm³/mol. The molecule has 32 heavy (non-hydrogen) atoms. The van der Waals surface area contributed by atoms with E-state index >= 15 is 0 Å². The van der Waals surface area contributed by atoms with Crippen molar-refractivity contribution < 1.29 is 26.9 Å². The van der Waals surface area contributed by atoms with Gasteiger partial charge in [0.15, 0.2) is 0 Å². The molecule has 8 nitrogen and oxygen atoms in total. The van der Waals surface area contributed by atoms with Gasteiger partial charge in [-0.3, -0.25) is 10.3 Å². The number of carbonyl (C=O) groups is 1. The minimum atomic E-state index is -3.51. The Morgan fingerprint density at radius 3 is 2.50 bits per heavy atom. The maximum Gasteiger partial charge on any atom is 0.413 e. The Kier molecular flexibility index (Phi) is 5.56. The largest absolute Gasteiger partial charge is 0.444 e. The van der Waals surface area contributed by atoms with E-state index in [0.29, 0.717) is 0 Å². The minimum absolute atomic E-state index is 0.0599. The van der Waals surface area contributed by atoms with Crippen LogP contribution in [0.25, 0.3) is 0 Å². The minimum Gasteiger partial charge on any atom is -0.444 e.